The molecule has 1 N–H and O–H groups in total. The lowest BCUT2D eigenvalue weighted by atomic mass is 9.79. The van der Waals surface area contributed by atoms with E-state index in [4.69, 9.17) is 9.97 Å². The van der Waals surface area contributed by atoms with Crippen LogP contribution in [0.5, 0.6) is 5.75 Å². The van der Waals surface area contributed by atoms with E-state index in [0.717, 1.165) is 72.6 Å². The standard InChI is InChI=1S/C61H50N4O/c1-60(2,3)45-31-43(32-46(37-45)61(4,5)6)44-35-55(52-18-11-13-22-58(52)66)64-56(36-44)53-33-42(27-28-48(53)40-25-23-39(38-62)24-26-40)54-34-41(29-30-63-54)49-19-14-20-51-50-17-10-12-21-57(50)65(59(49)51)47-15-8-7-9-16-47/h7-37,66H,1-6H3. The third-order valence-electron chi connectivity index (χ3n) is 12.7. The monoisotopic (exact) mass is 854 g/mol. The van der Waals surface area contributed by atoms with Crippen molar-refractivity contribution >= 4 is 21.8 Å². The first-order chi connectivity index (χ1) is 31.8. The molecule has 5 nitrogen and oxygen atoms in total. The summed E-state index contributed by atoms with van der Waals surface area (Å²) in [4.78, 5) is 10.4. The van der Waals surface area contributed by atoms with Crippen molar-refractivity contribution < 1.29 is 5.11 Å². The predicted molar refractivity (Wildman–Crippen MR) is 273 cm³/mol. The molecule has 0 saturated heterocycles. The topological polar surface area (TPSA) is 74.7 Å². The molecule has 0 spiro atoms. The Hall–Kier alpha value is -8.07. The van der Waals surface area contributed by atoms with E-state index >= 15 is 0 Å². The lowest BCUT2D eigenvalue weighted by molar-refractivity contribution is 0.477. The zero-order valence-electron chi connectivity index (χ0n) is 38.1. The molecular weight excluding hydrogens is 805 g/mol. The molecule has 0 fully saturated rings. The van der Waals surface area contributed by atoms with E-state index in [1.54, 1.807) is 6.07 Å². The number of para-hydroxylation sites is 4. The maximum Gasteiger partial charge on any atom is 0.124 e. The quantitative estimate of drug-likeness (QED) is 0.173. The minimum absolute atomic E-state index is 0.0886. The normalized spacial score (nSPS) is 11.8. The van der Waals surface area contributed by atoms with Crippen molar-refractivity contribution in [3.05, 3.63) is 205 Å². The summed E-state index contributed by atoms with van der Waals surface area (Å²) in [6.45, 7) is 13.5. The average Bonchev–Trinajstić information content (AvgIpc) is 3.68. The number of phenolic OH excluding ortho intramolecular Hbond substituents is 1. The Kier molecular flexibility index (Phi) is 10.5. The number of nitriles is 1. The number of nitrogens with zero attached hydrogens (tertiary/aromatic N) is 4. The highest BCUT2D eigenvalue weighted by Gasteiger charge is 2.23. The Morgan fingerprint density at radius 3 is 1.79 bits per heavy atom. The second-order valence-electron chi connectivity index (χ2n) is 19.2. The van der Waals surface area contributed by atoms with Crippen LogP contribution in [0.1, 0.15) is 58.2 Å². The van der Waals surface area contributed by atoms with Crippen molar-refractivity contribution in [1.82, 2.24) is 14.5 Å². The summed E-state index contributed by atoms with van der Waals surface area (Å²) in [7, 11) is 0. The number of rotatable bonds is 7. The largest absolute Gasteiger partial charge is 0.507 e. The number of phenols is 1. The molecule has 7 aromatic carbocycles. The van der Waals surface area contributed by atoms with Gasteiger partial charge in [-0.25, -0.2) is 4.98 Å². The van der Waals surface area contributed by atoms with Crippen LogP contribution in [0.4, 0.5) is 0 Å². The molecule has 3 aromatic heterocycles. The summed E-state index contributed by atoms with van der Waals surface area (Å²) in [6, 6.07) is 65.1. The lowest BCUT2D eigenvalue weighted by Crippen LogP contribution is -2.16. The second-order valence-corrected chi connectivity index (χ2v) is 19.2. The zero-order valence-corrected chi connectivity index (χ0v) is 38.1. The van der Waals surface area contributed by atoms with Crippen LogP contribution in [0.25, 0.3) is 94.6 Å². The highest BCUT2D eigenvalue weighted by Crippen LogP contribution is 2.43. The van der Waals surface area contributed by atoms with Crippen LogP contribution in [-0.2, 0) is 10.8 Å². The van der Waals surface area contributed by atoms with Gasteiger partial charge in [0.25, 0.3) is 0 Å². The molecule has 0 radical (unpaired) electrons. The molecule has 0 saturated carbocycles. The highest BCUT2D eigenvalue weighted by atomic mass is 16.3. The molecular formula is C61H50N4O. The van der Waals surface area contributed by atoms with Gasteiger partial charge in [0.05, 0.1) is 39.7 Å². The fourth-order valence-corrected chi connectivity index (χ4v) is 9.07. The molecule has 0 atom stereocenters. The van der Waals surface area contributed by atoms with Crippen molar-refractivity contribution in [2.45, 2.75) is 52.4 Å². The second kappa shape index (κ2) is 16.5. The van der Waals surface area contributed by atoms with Crippen LogP contribution in [0, 0.1) is 11.3 Å². The molecule has 10 rings (SSSR count). The van der Waals surface area contributed by atoms with Crippen molar-refractivity contribution in [3.8, 4) is 84.7 Å². The van der Waals surface area contributed by atoms with Gasteiger partial charge < -0.3 is 9.67 Å². The van der Waals surface area contributed by atoms with Crippen molar-refractivity contribution in [2.24, 2.45) is 0 Å². The SMILES string of the molecule is CC(C)(C)c1cc(-c2cc(-c3ccccc3O)nc(-c3cc(-c4cc(-c5cccc6c7ccccc7n(-c7ccccc7)c56)ccn4)ccc3-c3ccc(C#N)cc3)c2)cc(C(C)(C)C)c1. The summed E-state index contributed by atoms with van der Waals surface area (Å²) in [5.74, 6) is 0.162. The molecule has 0 aliphatic heterocycles. The Balaban J connectivity index is 1.20. The summed E-state index contributed by atoms with van der Waals surface area (Å²) >= 11 is 0. The van der Waals surface area contributed by atoms with Gasteiger partial charge in [-0.3, -0.25) is 4.98 Å². The maximum absolute atomic E-state index is 11.3. The number of pyridine rings is 2. The molecule has 0 amide bonds. The number of aromatic hydroxyl groups is 1. The predicted octanol–water partition coefficient (Wildman–Crippen LogP) is 15.7. The van der Waals surface area contributed by atoms with Gasteiger partial charge in [0.15, 0.2) is 0 Å². The van der Waals surface area contributed by atoms with Gasteiger partial charge in [0.1, 0.15) is 5.75 Å². The van der Waals surface area contributed by atoms with Gasteiger partial charge in [-0.05, 0) is 123 Å². The molecule has 0 aliphatic carbocycles. The highest BCUT2D eigenvalue weighted by molar-refractivity contribution is 6.14. The minimum Gasteiger partial charge on any atom is -0.507 e. The van der Waals surface area contributed by atoms with Gasteiger partial charge in [0, 0.05) is 44.9 Å². The molecule has 10 aromatic rings. The van der Waals surface area contributed by atoms with E-state index in [-0.39, 0.29) is 16.6 Å². The van der Waals surface area contributed by atoms with Crippen LogP contribution in [0.15, 0.2) is 188 Å². The minimum atomic E-state index is -0.0886. The first-order valence-electron chi connectivity index (χ1n) is 22.5. The van der Waals surface area contributed by atoms with Crippen LogP contribution in [0.2, 0.25) is 0 Å². The number of fused-ring (bicyclic) bond motifs is 3. The lowest BCUT2D eigenvalue weighted by Gasteiger charge is -2.26. The van der Waals surface area contributed by atoms with E-state index in [9.17, 15) is 10.4 Å². The molecule has 0 bridgehead atoms. The fourth-order valence-electron chi connectivity index (χ4n) is 9.07. The van der Waals surface area contributed by atoms with E-state index in [2.05, 4.69) is 186 Å². The Bertz CT molecular complexity index is 3470. The van der Waals surface area contributed by atoms with E-state index in [0.29, 0.717) is 16.8 Å². The van der Waals surface area contributed by atoms with Crippen molar-refractivity contribution in [1.29, 1.82) is 5.26 Å². The number of hydrogen-bond donors (Lipinski definition) is 1. The van der Waals surface area contributed by atoms with Crippen molar-refractivity contribution in [3.63, 3.8) is 0 Å². The Morgan fingerprint density at radius 2 is 1.08 bits per heavy atom. The van der Waals surface area contributed by atoms with Crippen LogP contribution < -0.4 is 0 Å². The van der Waals surface area contributed by atoms with Gasteiger partial charge in [-0.2, -0.15) is 5.26 Å². The van der Waals surface area contributed by atoms with Gasteiger partial charge >= 0.3 is 0 Å². The van der Waals surface area contributed by atoms with E-state index in [1.807, 2.05) is 48.7 Å². The van der Waals surface area contributed by atoms with Crippen LogP contribution in [0.3, 0.4) is 0 Å². The van der Waals surface area contributed by atoms with Crippen LogP contribution >= 0.6 is 0 Å². The number of benzene rings is 7. The summed E-state index contributed by atoms with van der Waals surface area (Å²) in [5.41, 5.74) is 17.2. The fraction of sp³-hybridized carbons (Fsp3) is 0.131. The summed E-state index contributed by atoms with van der Waals surface area (Å²) in [6.07, 6.45) is 1.90. The first-order valence-corrected chi connectivity index (χ1v) is 22.5. The van der Waals surface area contributed by atoms with Gasteiger partial charge in [0.2, 0.25) is 0 Å². The smallest absolute Gasteiger partial charge is 0.124 e. The van der Waals surface area contributed by atoms with Gasteiger partial charge in [-0.1, -0.05) is 151 Å². The molecule has 66 heavy (non-hydrogen) atoms. The number of aromatic nitrogens is 3. The number of hydrogen-bond acceptors (Lipinski definition) is 4. The summed E-state index contributed by atoms with van der Waals surface area (Å²) in [5, 5.41) is 23.4. The maximum atomic E-state index is 11.3. The third kappa shape index (κ3) is 7.82. The van der Waals surface area contributed by atoms with Crippen molar-refractivity contribution in [2.75, 3.05) is 0 Å². The van der Waals surface area contributed by atoms with Gasteiger partial charge in [-0.15, -0.1) is 0 Å². The van der Waals surface area contributed by atoms with Crippen LogP contribution in [-0.4, -0.2) is 19.6 Å². The first kappa shape index (κ1) is 41.9. The Labute approximate surface area is 387 Å². The molecule has 0 unspecified atom stereocenters. The zero-order chi connectivity index (χ0) is 45.7. The Morgan fingerprint density at radius 1 is 0.470 bits per heavy atom. The molecule has 320 valence electrons. The molecule has 5 heteroatoms. The average molecular weight is 855 g/mol. The third-order valence-corrected chi connectivity index (χ3v) is 12.7. The molecule has 0 aliphatic rings. The van der Waals surface area contributed by atoms with E-state index in [1.165, 1.54) is 21.9 Å². The van der Waals surface area contributed by atoms with E-state index < -0.39 is 0 Å². The molecule has 3 heterocycles. The summed E-state index contributed by atoms with van der Waals surface area (Å²) < 4.78 is 2.37.